The lowest BCUT2D eigenvalue weighted by Crippen LogP contribution is -2.52. The summed E-state index contributed by atoms with van der Waals surface area (Å²) in [6, 6.07) is 19.2. The van der Waals surface area contributed by atoms with Gasteiger partial charge in [0, 0.05) is 37.9 Å². The van der Waals surface area contributed by atoms with Crippen molar-refractivity contribution in [3.63, 3.8) is 0 Å². The summed E-state index contributed by atoms with van der Waals surface area (Å²) in [5.74, 6) is 2.22. The molecular formula is C25H28N4O3. The normalized spacial score (nSPS) is 14.7. The maximum atomic E-state index is 12.8. The van der Waals surface area contributed by atoms with Gasteiger partial charge >= 0.3 is 0 Å². The van der Waals surface area contributed by atoms with Crippen molar-refractivity contribution in [2.24, 2.45) is 0 Å². The topological polar surface area (TPSA) is 67.8 Å². The number of benzene rings is 2. The Hall–Kier alpha value is -3.61. The molecule has 1 fully saturated rings. The number of carbonyl (C=O) groups is 1. The monoisotopic (exact) mass is 432 g/mol. The number of rotatable bonds is 7. The first-order valence-corrected chi connectivity index (χ1v) is 11.0. The van der Waals surface area contributed by atoms with Crippen LogP contribution in [0.25, 0.3) is 11.3 Å². The maximum Gasteiger partial charge on any atom is 0.263 e. The largest absolute Gasteiger partial charge is 0.494 e. The molecule has 0 aliphatic carbocycles. The number of hydrogen-bond donors (Lipinski definition) is 0. The molecule has 3 aromatic rings. The number of para-hydroxylation sites is 1. The van der Waals surface area contributed by atoms with Gasteiger partial charge in [0.05, 0.1) is 12.3 Å². The quantitative estimate of drug-likeness (QED) is 0.568. The molecule has 1 aliphatic heterocycles. The molecule has 0 saturated carbocycles. The van der Waals surface area contributed by atoms with Crippen molar-refractivity contribution in [1.82, 2.24) is 14.9 Å². The molecule has 0 spiro atoms. The highest BCUT2D eigenvalue weighted by Gasteiger charge is 2.27. The SMILES string of the molecule is CCOc1ccc(-c2ccnc(N3CCN(C(=O)C(C)Oc4ccccc4)CC3)n2)cc1. The van der Waals surface area contributed by atoms with Crippen LogP contribution in [0.3, 0.4) is 0 Å². The number of anilines is 1. The van der Waals surface area contributed by atoms with Crippen molar-refractivity contribution >= 4 is 11.9 Å². The Morgan fingerprint density at radius 2 is 1.69 bits per heavy atom. The fraction of sp³-hybridized carbons (Fsp3) is 0.320. The average Bonchev–Trinajstić information content (AvgIpc) is 2.85. The smallest absolute Gasteiger partial charge is 0.263 e. The van der Waals surface area contributed by atoms with Crippen molar-refractivity contribution in [3.05, 3.63) is 66.9 Å². The standard InChI is InChI=1S/C25H28N4O3/c1-3-31-21-11-9-20(10-12-21)23-13-14-26-25(27-23)29-17-15-28(16-18-29)24(30)19(2)32-22-7-5-4-6-8-22/h4-14,19H,3,15-18H2,1-2H3. The summed E-state index contributed by atoms with van der Waals surface area (Å²) in [6.07, 6.45) is 1.25. The van der Waals surface area contributed by atoms with Crippen LogP contribution in [-0.4, -0.2) is 59.7 Å². The van der Waals surface area contributed by atoms with E-state index in [1.165, 1.54) is 0 Å². The van der Waals surface area contributed by atoms with Gasteiger partial charge in [0.1, 0.15) is 11.5 Å². The van der Waals surface area contributed by atoms with Gasteiger partial charge in [0.25, 0.3) is 5.91 Å². The van der Waals surface area contributed by atoms with Crippen LogP contribution in [-0.2, 0) is 4.79 Å². The Balaban J connectivity index is 1.36. The number of hydrogen-bond acceptors (Lipinski definition) is 6. The van der Waals surface area contributed by atoms with Gasteiger partial charge in [0.15, 0.2) is 6.10 Å². The molecule has 1 aromatic heterocycles. The van der Waals surface area contributed by atoms with Crippen LogP contribution >= 0.6 is 0 Å². The molecule has 7 heteroatoms. The summed E-state index contributed by atoms with van der Waals surface area (Å²) in [4.78, 5) is 26.0. The van der Waals surface area contributed by atoms with Gasteiger partial charge in [0.2, 0.25) is 5.95 Å². The maximum absolute atomic E-state index is 12.8. The van der Waals surface area contributed by atoms with E-state index in [9.17, 15) is 4.79 Å². The number of amides is 1. The van der Waals surface area contributed by atoms with Gasteiger partial charge < -0.3 is 19.3 Å². The van der Waals surface area contributed by atoms with Gasteiger partial charge in [-0.2, -0.15) is 0 Å². The van der Waals surface area contributed by atoms with Crippen molar-refractivity contribution in [2.75, 3.05) is 37.7 Å². The van der Waals surface area contributed by atoms with Crippen LogP contribution < -0.4 is 14.4 Å². The third kappa shape index (κ3) is 5.17. The van der Waals surface area contributed by atoms with Crippen molar-refractivity contribution in [2.45, 2.75) is 20.0 Å². The summed E-state index contributed by atoms with van der Waals surface area (Å²) in [7, 11) is 0. The van der Waals surface area contributed by atoms with Crippen molar-refractivity contribution in [3.8, 4) is 22.8 Å². The van der Waals surface area contributed by atoms with E-state index >= 15 is 0 Å². The summed E-state index contributed by atoms with van der Waals surface area (Å²) in [6.45, 7) is 6.98. The molecule has 7 nitrogen and oxygen atoms in total. The molecule has 1 atom stereocenters. The van der Waals surface area contributed by atoms with Crippen LogP contribution in [0.15, 0.2) is 66.9 Å². The van der Waals surface area contributed by atoms with E-state index in [4.69, 9.17) is 14.5 Å². The molecule has 1 saturated heterocycles. The third-order valence-electron chi connectivity index (χ3n) is 5.38. The summed E-state index contributed by atoms with van der Waals surface area (Å²) >= 11 is 0. The van der Waals surface area contributed by atoms with Crippen LogP contribution in [0.5, 0.6) is 11.5 Å². The molecule has 0 radical (unpaired) electrons. The fourth-order valence-corrected chi connectivity index (χ4v) is 3.69. The van der Waals surface area contributed by atoms with E-state index in [2.05, 4.69) is 9.88 Å². The van der Waals surface area contributed by atoms with E-state index < -0.39 is 6.10 Å². The molecule has 1 aliphatic rings. The lowest BCUT2D eigenvalue weighted by atomic mass is 10.1. The minimum atomic E-state index is -0.525. The zero-order chi connectivity index (χ0) is 22.3. The Morgan fingerprint density at radius 1 is 0.969 bits per heavy atom. The second kappa shape index (κ2) is 10.1. The van der Waals surface area contributed by atoms with Gasteiger partial charge in [-0.25, -0.2) is 9.97 Å². The van der Waals surface area contributed by atoms with Crippen LogP contribution in [0.1, 0.15) is 13.8 Å². The van der Waals surface area contributed by atoms with E-state index in [-0.39, 0.29) is 5.91 Å². The summed E-state index contributed by atoms with van der Waals surface area (Å²) in [5.41, 5.74) is 1.87. The van der Waals surface area contributed by atoms with E-state index in [1.807, 2.05) is 72.5 Å². The molecule has 2 heterocycles. The van der Waals surface area contributed by atoms with E-state index in [0.717, 1.165) is 17.0 Å². The Bertz CT molecular complexity index is 1020. The minimum Gasteiger partial charge on any atom is -0.494 e. The zero-order valence-corrected chi connectivity index (χ0v) is 18.5. The molecular weight excluding hydrogens is 404 g/mol. The van der Waals surface area contributed by atoms with Crippen LogP contribution in [0, 0.1) is 0 Å². The summed E-state index contributed by atoms with van der Waals surface area (Å²) in [5, 5.41) is 0. The molecule has 2 aromatic carbocycles. The highest BCUT2D eigenvalue weighted by atomic mass is 16.5. The minimum absolute atomic E-state index is 0.00226. The first-order chi connectivity index (χ1) is 15.6. The average molecular weight is 433 g/mol. The molecule has 0 bridgehead atoms. The van der Waals surface area contributed by atoms with E-state index in [1.54, 1.807) is 13.1 Å². The number of nitrogens with zero attached hydrogens (tertiary/aromatic N) is 4. The molecule has 1 unspecified atom stereocenters. The lowest BCUT2D eigenvalue weighted by Gasteiger charge is -2.35. The first-order valence-electron chi connectivity index (χ1n) is 11.0. The highest BCUT2D eigenvalue weighted by molar-refractivity contribution is 5.81. The molecule has 32 heavy (non-hydrogen) atoms. The number of piperazine rings is 1. The molecule has 166 valence electrons. The van der Waals surface area contributed by atoms with Gasteiger partial charge in [-0.05, 0) is 56.3 Å². The highest BCUT2D eigenvalue weighted by Crippen LogP contribution is 2.23. The zero-order valence-electron chi connectivity index (χ0n) is 18.5. The molecule has 4 rings (SSSR count). The van der Waals surface area contributed by atoms with Crippen molar-refractivity contribution < 1.29 is 14.3 Å². The predicted octanol–water partition coefficient (Wildman–Crippen LogP) is 3.66. The second-order valence-corrected chi connectivity index (χ2v) is 7.58. The van der Waals surface area contributed by atoms with Gasteiger partial charge in [-0.1, -0.05) is 18.2 Å². The predicted molar refractivity (Wildman–Crippen MR) is 124 cm³/mol. The number of ether oxygens (including phenoxy) is 2. The van der Waals surface area contributed by atoms with Crippen molar-refractivity contribution in [1.29, 1.82) is 0 Å². The van der Waals surface area contributed by atoms with Gasteiger partial charge in [-0.3, -0.25) is 4.79 Å². The van der Waals surface area contributed by atoms with Crippen LogP contribution in [0.4, 0.5) is 5.95 Å². The number of carbonyl (C=O) groups excluding carboxylic acids is 1. The Labute approximate surface area is 188 Å². The number of aromatic nitrogens is 2. The third-order valence-corrected chi connectivity index (χ3v) is 5.38. The Morgan fingerprint density at radius 3 is 2.38 bits per heavy atom. The molecule has 1 amide bonds. The lowest BCUT2D eigenvalue weighted by molar-refractivity contribution is -0.138. The first kappa shape index (κ1) is 21.6. The van der Waals surface area contributed by atoms with Gasteiger partial charge in [-0.15, -0.1) is 0 Å². The Kier molecular flexibility index (Phi) is 6.84. The fourth-order valence-electron chi connectivity index (χ4n) is 3.69. The van der Waals surface area contributed by atoms with E-state index in [0.29, 0.717) is 44.5 Å². The second-order valence-electron chi connectivity index (χ2n) is 7.58. The summed E-state index contributed by atoms with van der Waals surface area (Å²) < 4.78 is 11.3. The van der Waals surface area contributed by atoms with Crippen LogP contribution in [0.2, 0.25) is 0 Å². The molecule has 0 N–H and O–H groups in total.